The lowest BCUT2D eigenvalue weighted by Crippen LogP contribution is -2.61. The van der Waals surface area contributed by atoms with Crippen LogP contribution < -0.4 is 9.64 Å². The number of rotatable bonds is 7. The van der Waals surface area contributed by atoms with E-state index in [0.717, 1.165) is 69.1 Å². The van der Waals surface area contributed by atoms with Crippen LogP contribution in [0.4, 0.5) is 19.0 Å². The standard InChI is InChI=1S/C27H35F3N8O/c1-4-21-16-37(26-19(3)34-24(13-31-26)25-32-17-33-35-25)18(2)14-38(21)22-9-11-36(12-10-22)15-20-5-7-23(8-6-20)39-27(28,29)30/h5-8,13,17-18,21-22H,4,9-12,14-16H2,1-3H3,(H,32,33,35)/t18-,21+/m1/s1. The summed E-state index contributed by atoms with van der Waals surface area (Å²) in [5, 5.41) is 6.83. The Hall–Kier alpha value is -3.25. The Morgan fingerprint density at radius 3 is 2.44 bits per heavy atom. The average Bonchev–Trinajstić information content (AvgIpc) is 3.45. The van der Waals surface area contributed by atoms with Crippen molar-refractivity contribution in [1.29, 1.82) is 0 Å². The molecule has 5 rings (SSSR count). The molecule has 210 valence electrons. The van der Waals surface area contributed by atoms with Gasteiger partial charge in [0.1, 0.15) is 23.6 Å². The van der Waals surface area contributed by atoms with E-state index >= 15 is 0 Å². The first kappa shape index (κ1) is 27.3. The molecule has 0 amide bonds. The number of alkyl halides is 3. The Morgan fingerprint density at radius 2 is 1.82 bits per heavy atom. The van der Waals surface area contributed by atoms with Gasteiger partial charge in [0.15, 0.2) is 0 Å². The van der Waals surface area contributed by atoms with Gasteiger partial charge in [-0.1, -0.05) is 19.1 Å². The maximum Gasteiger partial charge on any atom is 0.573 e. The SMILES string of the molecule is CC[C@H]1CN(c2ncc(-c3nc[nH]n3)nc2C)[C@H](C)CN1C1CCN(Cc2ccc(OC(F)(F)F)cc2)CC1. The Bertz CT molecular complexity index is 1210. The van der Waals surface area contributed by atoms with Gasteiger partial charge in [0.2, 0.25) is 5.82 Å². The number of aryl methyl sites for hydroxylation is 1. The second-order valence-electron chi connectivity index (χ2n) is 10.4. The molecule has 0 aliphatic carbocycles. The minimum Gasteiger partial charge on any atom is -0.406 e. The van der Waals surface area contributed by atoms with Crippen molar-refractivity contribution < 1.29 is 17.9 Å². The van der Waals surface area contributed by atoms with Crippen LogP contribution in [0.2, 0.25) is 0 Å². The summed E-state index contributed by atoms with van der Waals surface area (Å²) in [6.45, 7) is 11.0. The van der Waals surface area contributed by atoms with E-state index in [2.05, 4.69) is 48.5 Å². The summed E-state index contributed by atoms with van der Waals surface area (Å²) in [6.07, 6.45) is 1.81. The molecule has 2 fully saturated rings. The molecule has 9 nitrogen and oxygen atoms in total. The van der Waals surface area contributed by atoms with Gasteiger partial charge in [-0.3, -0.25) is 14.9 Å². The zero-order valence-corrected chi connectivity index (χ0v) is 22.5. The van der Waals surface area contributed by atoms with Crippen LogP contribution in [0.15, 0.2) is 36.8 Å². The Kier molecular flexibility index (Phi) is 8.03. The predicted octanol–water partition coefficient (Wildman–Crippen LogP) is 4.42. The van der Waals surface area contributed by atoms with E-state index in [0.29, 0.717) is 29.6 Å². The second kappa shape index (κ2) is 11.5. The third-order valence-electron chi connectivity index (χ3n) is 7.78. The highest BCUT2D eigenvalue weighted by molar-refractivity contribution is 5.53. The van der Waals surface area contributed by atoms with E-state index in [9.17, 15) is 13.2 Å². The van der Waals surface area contributed by atoms with E-state index in [1.807, 2.05) is 6.92 Å². The lowest BCUT2D eigenvalue weighted by Gasteiger charge is -2.50. The van der Waals surface area contributed by atoms with Gasteiger partial charge in [0, 0.05) is 37.8 Å². The highest BCUT2D eigenvalue weighted by Gasteiger charge is 2.37. The summed E-state index contributed by atoms with van der Waals surface area (Å²) in [6, 6.07) is 7.43. The van der Waals surface area contributed by atoms with Gasteiger partial charge in [-0.25, -0.2) is 15.0 Å². The molecule has 2 aliphatic rings. The monoisotopic (exact) mass is 544 g/mol. The van der Waals surface area contributed by atoms with E-state index < -0.39 is 6.36 Å². The van der Waals surface area contributed by atoms with Crippen LogP contribution in [-0.4, -0.2) is 85.6 Å². The number of aromatic nitrogens is 5. The maximum absolute atomic E-state index is 12.4. The zero-order valence-electron chi connectivity index (χ0n) is 22.5. The fraction of sp³-hybridized carbons (Fsp3) is 0.556. The first-order chi connectivity index (χ1) is 18.7. The fourth-order valence-corrected chi connectivity index (χ4v) is 5.83. The van der Waals surface area contributed by atoms with Gasteiger partial charge in [0.25, 0.3) is 0 Å². The molecule has 0 radical (unpaired) electrons. The largest absolute Gasteiger partial charge is 0.573 e. The molecule has 1 N–H and O–H groups in total. The third kappa shape index (κ3) is 6.50. The quantitative estimate of drug-likeness (QED) is 0.468. The smallest absolute Gasteiger partial charge is 0.406 e. The minimum atomic E-state index is -4.67. The van der Waals surface area contributed by atoms with Crippen LogP contribution in [0.5, 0.6) is 5.75 Å². The number of hydrogen-bond donors (Lipinski definition) is 1. The van der Waals surface area contributed by atoms with E-state index in [-0.39, 0.29) is 5.75 Å². The Labute approximate surface area is 226 Å². The number of piperidine rings is 1. The third-order valence-corrected chi connectivity index (χ3v) is 7.78. The summed E-state index contributed by atoms with van der Waals surface area (Å²) < 4.78 is 41.3. The van der Waals surface area contributed by atoms with Crippen molar-refractivity contribution in [2.45, 2.75) is 71.1 Å². The molecule has 12 heteroatoms. The highest BCUT2D eigenvalue weighted by Crippen LogP contribution is 2.30. The van der Waals surface area contributed by atoms with Crippen LogP contribution in [0, 0.1) is 6.92 Å². The summed E-state index contributed by atoms with van der Waals surface area (Å²) in [7, 11) is 0. The first-order valence-electron chi connectivity index (χ1n) is 13.5. The molecule has 0 unspecified atom stereocenters. The van der Waals surface area contributed by atoms with Crippen LogP contribution in [0.3, 0.4) is 0 Å². The maximum atomic E-state index is 12.4. The molecular formula is C27H35F3N8O. The van der Waals surface area contributed by atoms with Gasteiger partial charge in [-0.15, -0.1) is 13.2 Å². The van der Waals surface area contributed by atoms with Gasteiger partial charge < -0.3 is 9.64 Å². The zero-order chi connectivity index (χ0) is 27.6. The van der Waals surface area contributed by atoms with E-state index in [1.54, 1.807) is 18.3 Å². The van der Waals surface area contributed by atoms with E-state index in [1.165, 1.54) is 18.5 Å². The van der Waals surface area contributed by atoms with Gasteiger partial charge in [0.05, 0.1) is 11.9 Å². The Morgan fingerprint density at radius 1 is 1.08 bits per heavy atom. The molecule has 2 atom stereocenters. The lowest BCUT2D eigenvalue weighted by molar-refractivity contribution is -0.274. The highest BCUT2D eigenvalue weighted by atomic mass is 19.4. The number of nitrogens with zero attached hydrogens (tertiary/aromatic N) is 7. The summed E-state index contributed by atoms with van der Waals surface area (Å²) in [5.74, 6) is 1.28. The summed E-state index contributed by atoms with van der Waals surface area (Å²) in [4.78, 5) is 21.1. The number of piperazine rings is 1. The predicted molar refractivity (Wildman–Crippen MR) is 141 cm³/mol. The van der Waals surface area contributed by atoms with Crippen LogP contribution in [0.1, 0.15) is 44.4 Å². The molecule has 2 saturated heterocycles. The van der Waals surface area contributed by atoms with Crippen molar-refractivity contribution >= 4 is 5.82 Å². The number of anilines is 1. The Balaban J connectivity index is 1.17. The molecule has 1 aromatic carbocycles. The van der Waals surface area contributed by atoms with Crippen molar-refractivity contribution in [1.82, 2.24) is 34.9 Å². The van der Waals surface area contributed by atoms with Gasteiger partial charge >= 0.3 is 6.36 Å². The topological polar surface area (TPSA) is 86.3 Å². The van der Waals surface area contributed by atoms with Crippen molar-refractivity contribution in [2.75, 3.05) is 31.1 Å². The number of hydrogen-bond acceptors (Lipinski definition) is 8. The number of benzene rings is 1. The number of halogens is 3. The number of ether oxygens (including phenoxy) is 1. The van der Waals surface area contributed by atoms with Crippen LogP contribution >= 0.6 is 0 Å². The van der Waals surface area contributed by atoms with Crippen LogP contribution in [-0.2, 0) is 6.54 Å². The normalized spacial score (nSPS) is 21.8. The molecule has 2 aliphatic heterocycles. The molecule has 0 bridgehead atoms. The summed E-state index contributed by atoms with van der Waals surface area (Å²) >= 11 is 0. The molecule has 3 aromatic rings. The van der Waals surface area contributed by atoms with Gasteiger partial charge in [-0.2, -0.15) is 5.10 Å². The molecule has 0 spiro atoms. The summed E-state index contributed by atoms with van der Waals surface area (Å²) in [5.41, 5.74) is 2.52. The van der Waals surface area contributed by atoms with Gasteiger partial charge in [-0.05, 0) is 63.9 Å². The average molecular weight is 545 g/mol. The van der Waals surface area contributed by atoms with Crippen LogP contribution in [0.25, 0.3) is 11.5 Å². The van der Waals surface area contributed by atoms with E-state index in [4.69, 9.17) is 9.97 Å². The first-order valence-corrected chi connectivity index (χ1v) is 13.5. The molecular weight excluding hydrogens is 509 g/mol. The number of likely N-dealkylation sites (tertiary alicyclic amines) is 1. The fourth-order valence-electron chi connectivity index (χ4n) is 5.83. The van der Waals surface area contributed by atoms with Crippen molar-refractivity contribution in [3.8, 4) is 17.3 Å². The molecule has 0 saturated carbocycles. The number of aromatic amines is 1. The minimum absolute atomic E-state index is 0.185. The molecule has 2 aromatic heterocycles. The number of H-pyrrole nitrogens is 1. The molecule has 39 heavy (non-hydrogen) atoms. The number of nitrogens with one attached hydrogen (secondary N) is 1. The van der Waals surface area contributed by atoms with Crippen molar-refractivity contribution in [2.24, 2.45) is 0 Å². The lowest BCUT2D eigenvalue weighted by atomic mass is 9.96. The van der Waals surface area contributed by atoms with Crippen molar-refractivity contribution in [3.63, 3.8) is 0 Å². The van der Waals surface area contributed by atoms with Crippen molar-refractivity contribution in [3.05, 3.63) is 48.0 Å². The molecule has 4 heterocycles. The second-order valence-corrected chi connectivity index (χ2v) is 10.4.